The van der Waals surface area contributed by atoms with Gasteiger partial charge in [0.15, 0.2) is 0 Å². The Kier molecular flexibility index (Phi) is 5.84. The minimum atomic E-state index is -4.23. The molecule has 0 radical (unpaired) electrons. The number of aromatic nitrogens is 1. The maximum absolute atomic E-state index is 13.1. The van der Waals surface area contributed by atoms with Gasteiger partial charge in [0.25, 0.3) is 0 Å². The van der Waals surface area contributed by atoms with Gasteiger partial charge >= 0.3 is 6.18 Å². The number of carbonyl (C=O) groups excluding carboxylic acids is 1. The lowest BCUT2D eigenvalue weighted by atomic mass is 9.80. The van der Waals surface area contributed by atoms with Crippen molar-refractivity contribution in [1.29, 1.82) is 0 Å². The van der Waals surface area contributed by atoms with Gasteiger partial charge in [-0.1, -0.05) is 55.0 Å². The van der Waals surface area contributed by atoms with Crippen molar-refractivity contribution < 1.29 is 18.0 Å². The van der Waals surface area contributed by atoms with Crippen LogP contribution >= 0.6 is 0 Å². The molecule has 2 N–H and O–H groups in total. The average molecular weight is 414 g/mol. The number of hydrogen-bond acceptors (Lipinski definition) is 1. The molecule has 3 unspecified atom stereocenters. The zero-order valence-corrected chi connectivity index (χ0v) is 16.6. The number of hydrogen-bond donors (Lipinski definition) is 2. The Morgan fingerprint density at radius 2 is 1.80 bits per heavy atom. The summed E-state index contributed by atoms with van der Waals surface area (Å²) in [5.41, 5.74) is 3.13. The third-order valence-corrected chi connectivity index (χ3v) is 6.19. The Morgan fingerprint density at radius 1 is 1.07 bits per heavy atom. The van der Waals surface area contributed by atoms with Crippen molar-refractivity contribution >= 4 is 16.8 Å². The fourth-order valence-electron chi connectivity index (χ4n) is 4.55. The molecule has 1 aromatic heterocycles. The second kappa shape index (κ2) is 8.54. The highest BCUT2D eigenvalue weighted by atomic mass is 19.4. The summed E-state index contributed by atoms with van der Waals surface area (Å²) in [6.07, 6.45) is -1.31. The van der Waals surface area contributed by atoms with Gasteiger partial charge in [0.1, 0.15) is 0 Å². The van der Waals surface area contributed by atoms with Gasteiger partial charge in [-0.2, -0.15) is 13.2 Å². The molecule has 3 nitrogen and oxygen atoms in total. The molecule has 6 heteroatoms. The van der Waals surface area contributed by atoms with Crippen LogP contribution in [0.15, 0.2) is 60.8 Å². The van der Waals surface area contributed by atoms with Crippen molar-refractivity contribution in [3.8, 4) is 0 Å². The second-order valence-corrected chi connectivity index (χ2v) is 8.10. The van der Waals surface area contributed by atoms with E-state index in [-0.39, 0.29) is 24.7 Å². The lowest BCUT2D eigenvalue weighted by Crippen LogP contribution is -2.38. The number of halogens is 3. The van der Waals surface area contributed by atoms with E-state index in [2.05, 4.69) is 10.3 Å². The van der Waals surface area contributed by atoms with Crippen molar-refractivity contribution in [2.45, 2.75) is 37.8 Å². The maximum Gasteiger partial charge on any atom is 0.391 e. The zero-order chi connectivity index (χ0) is 21.1. The first kappa shape index (κ1) is 20.5. The molecule has 158 valence electrons. The SMILES string of the molecule is O=C(NCC(c1ccccc1)c1c[nH]c2ccccc12)C1CCCC(C(F)(F)F)C1. The topological polar surface area (TPSA) is 44.9 Å². The van der Waals surface area contributed by atoms with Gasteiger partial charge < -0.3 is 10.3 Å². The number of rotatable bonds is 5. The van der Waals surface area contributed by atoms with Gasteiger partial charge in [-0.15, -0.1) is 0 Å². The van der Waals surface area contributed by atoms with Crippen molar-refractivity contribution in [1.82, 2.24) is 10.3 Å². The number of nitrogens with one attached hydrogen (secondary N) is 2. The second-order valence-electron chi connectivity index (χ2n) is 8.10. The Bertz CT molecular complexity index is 996. The molecule has 2 aromatic carbocycles. The van der Waals surface area contributed by atoms with Crippen molar-refractivity contribution in [3.63, 3.8) is 0 Å². The third kappa shape index (κ3) is 4.37. The Morgan fingerprint density at radius 3 is 2.57 bits per heavy atom. The van der Waals surface area contributed by atoms with E-state index in [0.29, 0.717) is 19.4 Å². The third-order valence-electron chi connectivity index (χ3n) is 6.19. The summed E-state index contributed by atoms with van der Waals surface area (Å²) in [7, 11) is 0. The Hall–Kier alpha value is -2.76. The lowest BCUT2D eigenvalue weighted by Gasteiger charge is -2.30. The first-order valence-electron chi connectivity index (χ1n) is 10.4. The van der Waals surface area contributed by atoms with Crippen molar-refractivity contribution in [2.75, 3.05) is 6.54 Å². The molecule has 1 amide bonds. The van der Waals surface area contributed by atoms with E-state index < -0.39 is 18.0 Å². The predicted molar refractivity (Wildman–Crippen MR) is 111 cm³/mol. The van der Waals surface area contributed by atoms with E-state index in [1.54, 1.807) is 0 Å². The molecule has 3 aromatic rings. The molecule has 0 spiro atoms. The van der Waals surface area contributed by atoms with Crippen LogP contribution in [0.5, 0.6) is 0 Å². The maximum atomic E-state index is 13.1. The number of para-hydroxylation sites is 1. The summed E-state index contributed by atoms with van der Waals surface area (Å²) < 4.78 is 39.3. The summed E-state index contributed by atoms with van der Waals surface area (Å²) in [6.45, 7) is 0.345. The Balaban J connectivity index is 1.52. The van der Waals surface area contributed by atoms with Crippen LogP contribution in [-0.2, 0) is 4.79 Å². The standard InChI is InChI=1S/C24H25F3N2O/c25-24(26,27)18-10-6-9-17(13-18)23(30)29-14-20(16-7-2-1-3-8-16)21-15-28-22-12-5-4-11-19(21)22/h1-5,7-8,11-12,15,17-18,20,28H,6,9-10,13-14H2,(H,29,30). The van der Waals surface area contributed by atoms with Crippen LogP contribution in [0.25, 0.3) is 10.9 Å². The largest absolute Gasteiger partial charge is 0.391 e. The first-order valence-corrected chi connectivity index (χ1v) is 10.4. The van der Waals surface area contributed by atoms with Crippen LogP contribution in [0.3, 0.4) is 0 Å². The summed E-state index contributed by atoms with van der Waals surface area (Å²) in [5, 5.41) is 4.03. The minimum Gasteiger partial charge on any atom is -0.361 e. The molecule has 1 aliphatic rings. The fourth-order valence-corrected chi connectivity index (χ4v) is 4.55. The van der Waals surface area contributed by atoms with Crippen molar-refractivity contribution in [2.24, 2.45) is 11.8 Å². The van der Waals surface area contributed by atoms with Gasteiger partial charge in [-0.3, -0.25) is 4.79 Å². The number of alkyl halides is 3. The van der Waals surface area contributed by atoms with Gasteiger partial charge in [-0.05, 0) is 36.5 Å². The summed E-state index contributed by atoms with van der Waals surface area (Å²) in [5.74, 6) is -2.32. The molecule has 3 atom stereocenters. The molecule has 0 bridgehead atoms. The first-order chi connectivity index (χ1) is 14.4. The van der Waals surface area contributed by atoms with Crippen LogP contribution in [0.4, 0.5) is 13.2 Å². The van der Waals surface area contributed by atoms with Crippen LogP contribution in [-0.4, -0.2) is 23.6 Å². The molecule has 4 rings (SSSR count). The molecule has 30 heavy (non-hydrogen) atoms. The van der Waals surface area contributed by atoms with Crippen LogP contribution in [0, 0.1) is 11.8 Å². The van der Waals surface area contributed by atoms with Gasteiger partial charge in [0.2, 0.25) is 5.91 Å². The number of benzene rings is 2. The molecular weight excluding hydrogens is 389 g/mol. The minimum absolute atomic E-state index is 0.0895. The van der Waals surface area contributed by atoms with Gasteiger partial charge in [-0.25, -0.2) is 0 Å². The monoisotopic (exact) mass is 414 g/mol. The normalized spacial score (nSPS) is 20.8. The summed E-state index contributed by atoms with van der Waals surface area (Å²) in [6, 6.07) is 17.8. The predicted octanol–water partition coefficient (Wildman–Crippen LogP) is 5.78. The molecule has 0 aliphatic heterocycles. The Labute approximate surface area is 173 Å². The van der Waals surface area contributed by atoms with Crippen LogP contribution in [0.1, 0.15) is 42.7 Å². The molecule has 1 aliphatic carbocycles. The molecule has 1 heterocycles. The number of aromatic amines is 1. The van der Waals surface area contributed by atoms with E-state index in [1.165, 1.54) is 0 Å². The summed E-state index contributed by atoms with van der Waals surface area (Å²) >= 11 is 0. The van der Waals surface area contributed by atoms with E-state index in [1.807, 2.05) is 60.8 Å². The summed E-state index contributed by atoms with van der Waals surface area (Å²) in [4.78, 5) is 16.0. The van der Waals surface area contributed by atoms with Gasteiger partial charge in [0, 0.05) is 35.5 Å². The average Bonchev–Trinajstić information content (AvgIpc) is 3.18. The number of H-pyrrole nitrogens is 1. The highest BCUT2D eigenvalue weighted by Crippen LogP contribution is 2.40. The van der Waals surface area contributed by atoms with E-state index >= 15 is 0 Å². The van der Waals surface area contributed by atoms with E-state index in [9.17, 15) is 18.0 Å². The number of carbonyl (C=O) groups is 1. The molecule has 1 fully saturated rings. The molecule has 1 saturated carbocycles. The van der Waals surface area contributed by atoms with E-state index in [0.717, 1.165) is 22.0 Å². The number of amides is 1. The highest BCUT2D eigenvalue weighted by molar-refractivity contribution is 5.84. The molecule has 0 saturated heterocycles. The fraction of sp³-hybridized carbons (Fsp3) is 0.375. The quantitative estimate of drug-likeness (QED) is 0.546. The van der Waals surface area contributed by atoms with Crippen LogP contribution in [0.2, 0.25) is 0 Å². The molecular formula is C24H25F3N2O. The smallest absolute Gasteiger partial charge is 0.361 e. The zero-order valence-electron chi connectivity index (χ0n) is 16.6. The lowest BCUT2D eigenvalue weighted by molar-refractivity contribution is -0.186. The number of fused-ring (bicyclic) bond motifs is 1. The van der Waals surface area contributed by atoms with Gasteiger partial charge in [0.05, 0.1) is 5.92 Å². The van der Waals surface area contributed by atoms with E-state index in [4.69, 9.17) is 0 Å². The van der Waals surface area contributed by atoms with Crippen LogP contribution < -0.4 is 5.32 Å². The highest BCUT2D eigenvalue weighted by Gasteiger charge is 2.43. The van der Waals surface area contributed by atoms with Crippen molar-refractivity contribution in [3.05, 3.63) is 71.9 Å².